The van der Waals surface area contributed by atoms with E-state index in [9.17, 15) is 9.18 Å². The first-order valence-corrected chi connectivity index (χ1v) is 7.91. The first-order valence-electron chi connectivity index (χ1n) is 7.91. The first-order chi connectivity index (χ1) is 10.8. The first kappa shape index (κ1) is 17.4. The molecular weight excluding hydrogens is 299 g/mol. The number of piperidine rings is 1. The van der Waals surface area contributed by atoms with Crippen LogP contribution in [0.15, 0.2) is 18.2 Å². The molecule has 1 saturated heterocycles. The van der Waals surface area contributed by atoms with Gasteiger partial charge >= 0.3 is 6.09 Å². The van der Waals surface area contributed by atoms with Crippen molar-refractivity contribution in [3.05, 3.63) is 24.0 Å². The molecule has 0 aromatic heterocycles. The van der Waals surface area contributed by atoms with E-state index >= 15 is 0 Å². The molecule has 1 amide bonds. The summed E-state index contributed by atoms with van der Waals surface area (Å²) in [7, 11) is 0. The topological polar surface area (TPSA) is 64.8 Å². The molecule has 2 N–H and O–H groups in total. The molecule has 2 rings (SSSR count). The van der Waals surface area contributed by atoms with Crippen LogP contribution in [0.25, 0.3) is 0 Å². The van der Waals surface area contributed by atoms with Crippen molar-refractivity contribution in [2.45, 2.75) is 39.2 Å². The number of amides is 1. The minimum atomic E-state index is -0.487. The minimum absolute atomic E-state index is 0.113. The molecular formula is C17H25FN2O3. The van der Waals surface area contributed by atoms with Gasteiger partial charge in [0.25, 0.3) is 0 Å². The van der Waals surface area contributed by atoms with Gasteiger partial charge in [-0.25, -0.2) is 9.18 Å². The molecule has 1 aromatic rings. The Kier molecular flexibility index (Phi) is 5.34. The van der Waals surface area contributed by atoms with Crippen molar-refractivity contribution in [1.29, 1.82) is 0 Å². The van der Waals surface area contributed by atoms with Crippen LogP contribution in [0.3, 0.4) is 0 Å². The fourth-order valence-corrected chi connectivity index (χ4v) is 2.49. The quantitative estimate of drug-likeness (QED) is 0.865. The lowest BCUT2D eigenvalue weighted by molar-refractivity contribution is 0.0164. The molecule has 23 heavy (non-hydrogen) atoms. The van der Waals surface area contributed by atoms with Crippen LogP contribution in [0.2, 0.25) is 0 Å². The van der Waals surface area contributed by atoms with Gasteiger partial charge in [-0.1, -0.05) is 6.07 Å². The van der Waals surface area contributed by atoms with Crippen molar-refractivity contribution in [3.63, 3.8) is 0 Å². The third-order valence-corrected chi connectivity index (χ3v) is 3.73. The van der Waals surface area contributed by atoms with Crippen LogP contribution in [-0.2, 0) is 4.74 Å². The standard InChI is InChI=1S/C17H25FN2O3/c1-17(2,3)23-16(21)20-9-7-12(8-10-20)11-22-15-13(18)5-4-6-14(15)19/h4-6,12H,7-11,19H2,1-3H3. The molecule has 0 aliphatic carbocycles. The maximum Gasteiger partial charge on any atom is 0.410 e. The number of nitrogens with two attached hydrogens (primary N) is 1. The highest BCUT2D eigenvalue weighted by atomic mass is 19.1. The molecule has 0 atom stereocenters. The summed E-state index contributed by atoms with van der Waals surface area (Å²) in [5.41, 5.74) is 5.54. The normalized spacial score (nSPS) is 16.3. The lowest BCUT2D eigenvalue weighted by atomic mass is 9.98. The number of para-hydroxylation sites is 1. The molecule has 1 aliphatic heterocycles. The fourth-order valence-electron chi connectivity index (χ4n) is 2.49. The number of carbonyl (C=O) groups excluding carboxylic acids is 1. The molecule has 0 saturated carbocycles. The van der Waals surface area contributed by atoms with Crippen LogP contribution in [0, 0.1) is 11.7 Å². The van der Waals surface area contributed by atoms with Crippen LogP contribution < -0.4 is 10.5 Å². The second-order valence-corrected chi connectivity index (χ2v) is 6.88. The van der Waals surface area contributed by atoms with Gasteiger partial charge in [0.2, 0.25) is 0 Å². The Morgan fingerprint density at radius 2 is 2.00 bits per heavy atom. The Morgan fingerprint density at radius 1 is 1.35 bits per heavy atom. The summed E-state index contributed by atoms with van der Waals surface area (Å²) in [6.07, 6.45) is 1.32. The number of hydrogen-bond donors (Lipinski definition) is 1. The largest absolute Gasteiger partial charge is 0.488 e. The van der Waals surface area contributed by atoms with E-state index in [4.69, 9.17) is 15.2 Å². The van der Waals surface area contributed by atoms with Crippen LogP contribution in [-0.4, -0.2) is 36.3 Å². The Labute approximate surface area is 136 Å². The van der Waals surface area contributed by atoms with E-state index in [1.165, 1.54) is 6.07 Å². The Balaban J connectivity index is 1.80. The van der Waals surface area contributed by atoms with Gasteiger partial charge in [-0.05, 0) is 51.7 Å². The van der Waals surface area contributed by atoms with Crippen LogP contribution in [0.4, 0.5) is 14.9 Å². The van der Waals surface area contributed by atoms with Crippen molar-refractivity contribution >= 4 is 11.8 Å². The summed E-state index contributed by atoms with van der Waals surface area (Å²) in [5, 5.41) is 0. The van der Waals surface area contributed by atoms with Crippen molar-refractivity contribution in [3.8, 4) is 5.75 Å². The average Bonchev–Trinajstić information content (AvgIpc) is 2.45. The number of anilines is 1. The van der Waals surface area contributed by atoms with E-state index in [0.29, 0.717) is 25.4 Å². The average molecular weight is 324 g/mol. The van der Waals surface area contributed by atoms with E-state index in [2.05, 4.69) is 0 Å². The zero-order chi connectivity index (χ0) is 17.0. The Hall–Kier alpha value is -1.98. The maximum absolute atomic E-state index is 13.7. The van der Waals surface area contributed by atoms with Crippen LogP contribution in [0.1, 0.15) is 33.6 Å². The van der Waals surface area contributed by atoms with Gasteiger partial charge in [-0.15, -0.1) is 0 Å². The number of rotatable bonds is 3. The summed E-state index contributed by atoms with van der Waals surface area (Å²) >= 11 is 0. The number of nitrogens with zero attached hydrogens (tertiary/aromatic N) is 1. The molecule has 1 heterocycles. The van der Waals surface area contributed by atoms with Gasteiger partial charge in [0.05, 0.1) is 12.3 Å². The second kappa shape index (κ2) is 7.06. The fraction of sp³-hybridized carbons (Fsp3) is 0.588. The zero-order valence-corrected chi connectivity index (χ0v) is 14.0. The number of nitrogen functional groups attached to an aromatic ring is 1. The number of halogens is 1. The van der Waals surface area contributed by atoms with Gasteiger partial charge in [0, 0.05) is 13.1 Å². The van der Waals surface area contributed by atoms with E-state index in [0.717, 1.165) is 12.8 Å². The highest BCUT2D eigenvalue weighted by Crippen LogP contribution is 2.27. The number of ether oxygens (including phenoxy) is 2. The summed E-state index contributed by atoms with van der Waals surface area (Å²) in [6.45, 7) is 7.19. The molecule has 0 bridgehead atoms. The molecule has 128 valence electrons. The van der Waals surface area contributed by atoms with Crippen LogP contribution in [0.5, 0.6) is 5.75 Å². The maximum atomic E-state index is 13.7. The molecule has 1 aliphatic rings. The molecule has 5 nitrogen and oxygen atoms in total. The molecule has 0 radical (unpaired) electrons. The lowest BCUT2D eigenvalue weighted by Crippen LogP contribution is -2.42. The summed E-state index contributed by atoms with van der Waals surface area (Å²) in [5.74, 6) is -0.0639. The number of benzene rings is 1. The van der Waals surface area contributed by atoms with Gasteiger partial charge in [0.1, 0.15) is 5.60 Å². The summed E-state index contributed by atoms with van der Waals surface area (Å²) in [6, 6.07) is 4.50. The third kappa shape index (κ3) is 5.01. The molecule has 0 unspecified atom stereocenters. The van der Waals surface area contributed by atoms with Crippen molar-refractivity contribution in [2.75, 3.05) is 25.4 Å². The zero-order valence-electron chi connectivity index (χ0n) is 14.0. The highest BCUT2D eigenvalue weighted by molar-refractivity contribution is 5.68. The van der Waals surface area contributed by atoms with E-state index in [1.807, 2.05) is 20.8 Å². The Morgan fingerprint density at radius 3 is 2.57 bits per heavy atom. The molecule has 1 fully saturated rings. The van der Waals surface area contributed by atoms with E-state index in [-0.39, 0.29) is 17.8 Å². The molecule has 1 aromatic carbocycles. The summed E-state index contributed by atoms with van der Waals surface area (Å²) in [4.78, 5) is 13.7. The highest BCUT2D eigenvalue weighted by Gasteiger charge is 2.27. The smallest absolute Gasteiger partial charge is 0.410 e. The minimum Gasteiger partial charge on any atom is -0.488 e. The Bertz CT molecular complexity index is 529. The molecule has 0 spiro atoms. The van der Waals surface area contributed by atoms with Gasteiger partial charge in [-0.2, -0.15) is 0 Å². The lowest BCUT2D eigenvalue weighted by Gasteiger charge is -2.33. The predicted octanol–water partition coefficient (Wildman–Crippen LogP) is 3.43. The van der Waals surface area contributed by atoms with E-state index < -0.39 is 11.4 Å². The number of carbonyl (C=O) groups is 1. The van der Waals surface area contributed by atoms with Crippen molar-refractivity contribution in [2.24, 2.45) is 5.92 Å². The molecule has 6 heteroatoms. The SMILES string of the molecule is CC(C)(C)OC(=O)N1CCC(COc2c(N)cccc2F)CC1. The third-order valence-electron chi connectivity index (χ3n) is 3.73. The van der Waals surface area contributed by atoms with E-state index in [1.54, 1.807) is 17.0 Å². The van der Waals surface area contributed by atoms with Crippen LogP contribution >= 0.6 is 0 Å². The number of likely N-dealkylation sites (tertiary alicyclic amines) is 1. The predicted molar refractivity (Wildman–Crippen MR) is 86.8 cm³/mol. The number of hydrogen-bond acceptors (Lipinski definition) is 4. The summed E-state index contributed by atoms with van der Waals surface area (Å²) < 4.78 is 24.6. The van der Waals surface area contributed by atoms with Gasteiger partial charge in [0.15, 0.2) is 11.6 Å². The monoisotopic (exact) mass is 324 g/mol. The second-order valence-electron chi connectivity index (χ2n) is 6.88. The van der Waals surface area contributed by atoms with Gasteiger partial charge in [-0.3, -0.25) is 0 Å². The van der Waals surface area contributed by atoms with Crippen molar-refractivity contribution < 1.29 is 18.7 Å². The van der Waals surface area contributed by atoms with Crippen molar-refractivity contribution in [1.82, 2.24) is 4.90 Å². The van der Waals surface area contributed by atoms with Gasteiger partial charge < -0.3 is 20.1 Å².